The van der Waals surface area contributed by atoms with Crippen molar-refractivity contribution in [2.75, 3.05) is 13.1 Å². The van der Waals surface area contributed by atoms with E-state index in [0.29, 0.717) is 5.92 Å². The van der Waals surface area contributed by atoms with Crippen LogP contribution in [0.5, 0.6) is 0 Å². The molecule has 3 heterocycles. The molecule has 0 amide bonds. The Balaban J connectivity index is 1.90. The molecule has 4 nitrogen and oxygen atoms in total. The van der Waals surface area contributed by atoms with Crippen LogP contribution < -0.4 is 11.1 Å². The van der Waals surface area contributed by atoms with Crippen molar-refractivity contribution in [1.29, 1.82) is 0 Å². The van der Waals surface area contributed by atoms with Gasteiger partial charge in [0.05, 0.1) is 11.7 Å². The Morgan fingerprint density at radius 3 is 3.13 bits per heavy atom. The van der Waals surface area contributed by atoms with Crippen LogP contribution in [0.4, 0.5) is 0 Å². The Hall–Kier alpha value is -0.870. The first-order chi connectivity index (χ1) is 7.34. The minimum Gasteiger partial charge on any atom is -0.333 e. The zero-order valence-electron chi connectivity index (χ0n) is 8.95. The van der Waals surface area contributed by atoms with Crippen LogP contribution in [0.15, 0.2) is 6.20 Å². The molecule has 0 saturated carbocycles. The second-order valence-electron chi connectivity index (χ2n) is 4.66. The summed E-state index contributed by atoms with van der Waals surface area (Å²) in [6.07, 6.45) is 5.70. The molecule has 1 aromatic rings. The predicted octanol–water partition coefficient (Wildman–Crippen LogP) is 0.754. The second-order valence-corrected chi connectivity index (χ2v) is 4.66. The van der Waals surface area contributed by atoms with Crippen molar-refractivity contribution in [1.82, 2.24) is 14.9 Å². The van der Waals surface area contributed by atoms with E-state index in [1.54, 1.807) is 0 Å². The largest absolute Gasteiger partial charge is 0.333 e. The van der Waals surface area contributed by atoms with Gasteiger partial charge >= 0.3 is 0 Å². The molecule has 82 valence electrons. The van der Waals surface area contributed by atoms with Gasteiger partial charge in [0, 0.05) is 25.2 Å². The summed E-state index contributed by atoms with van der Waals surface area (Å²) in [5.74, 6) is 1.71. The van der Waals surface area contributed by atoms with Crippen LogP contribution in [0.1, 0.15) is 42.7 Å². The summed E-state index contributed by atoms with van der Waals surface area (Å²) in [4.78, 5) is 4.71. The molecule has 4 heteroatoms. The lowest BCUT2D eigenvalue weighted by Gasteiger charge is -2.19. The fourth-order valence-electron chi connectivity index (χ4n) is 2.64. The van der Waals surface area contributed by atoms with Crippen LogP contribution in [-0.2, 0) is 6.54 Å². The van der Waals surface area contributed by atoms with Crippen LogP contribution in [0.3, 0.4) is 0 Å². The summed E-state index contributed by atoms with van der Waals surface area (Å²) < 4.78 is 2.25. The van der Waals surface area contributed by atoms with Crippen molar-refractivity contribution >= 4 is 0 Å². The topological polar surface area (TPSA) is 55.9 Å². The van der Waals surface area contributed by atoms with E-state index in [1.807, 2.05) is 0 Å². The van der Waals surface area contributed by atoms with Crippen LogP contribution in [0.25, 0.3) is 0 Å². The van der Waals surface area contributed by atoms with E-state index >= 15 is 0 Å². The van der Waals surface area contributed by atoms with Crippen molar-refractivity contribution in [2.45, 2.75) is 37.8 Å². The number of nitrogens with zero attached hydrogens (tertiary/aromatic N) is 2. The number of hydrogen-bond acceptors (Lipinski definition) is 3. The van der Waals surface area contributed by atoms with Gasteiger partial charge in [-0.15, -0.1) is 0 Å². The van der Waals surface area contributed by atoms with E-state index in [1.165, 1.54) is 18.5 Å². The number of imidazole rings is 1. The number of nitrogens with one attached hydrogen (secondary N) is 1. The van der Waals surface area contributed by atoms with E-state index < -0.39 is 0 Å². The molecule has 1 fully saturated rings. The summed E-state index contributed by atoms with van der Waals surface area (Å²) in [7, 11) is 0. The monoisotopic (exact) mass is 206 g/mol. The summed E-state index contributed by atoms with van der Waals surface area (Å²) in [5.41, 5.74) is 7.30. The number of nitrogens with two attached hydrogens (primary N) is 1. The minimum absolute atomic E-state index is 0.155. The third-order valence-corrected chi connectivity index (χ3v) is 3.55. The molecule has 0 aromatic carbocycles. The van der Waals surface area contributed by atoms with E-state index in [9.17, 15) is 0 Å². The predicted molar refractivity (Wildman–Crippen MR) is 58.6 cm³/mol. The van der Waals surface area contributed by atoms with Gasteiger partial charge in [0.2, 0.25) is 0 Å². The van der Waals surface area contributed by atoms with Crippen LogP contribution in [0, 0.1) is 0 Å². The Kier molecular flexibility index (Phi) is 2.25. The molecular formula is C11H18N4. The molecule has 0 spiro atoms. The zero-order valence-corrected chi connectivity index (χ0v) is 8.95. The molecule has 3 N–H and O–H groups in total. The van der Waals surface area contributed by atoms with Gasteiger partial charge in [-0.2, -0.15) is 0 Å². The molecule has 2 aliphatic heterocycles. The average molecular weight is 206 g/mol. The number of hydrogen-bond donors (Lipinski definition) is 2. The summed E-state index contributed by atoms with van der Waals surface area (Å²) in [5, 5.41) is 3.38. The average Bonchev–Trinajstić information content (AvgIpc) is 2.86. The molecular weight excluding hydrogens is 188 g/mol. The first-order valence-corrected chi connectivity index (χ1v) is 5.88. The molecule has 1 saturated heterocycles. The summed E-state index contributed by atoms with van der Waals surface area (Å²) >= 11 is 0. The van der Waals surface area contributed by atoms with Crippen molar-refractivity contribution < 1.29 is 0 Å². The fraction of sp³-hybridized carbons (Fsp3) is 0.727. The van der Waals surface area contributed by atoms with Gasteiger partial charge in [-0.3, -0.25) is 0 Å². The molecule has 3 rings (SSSR count). The lowest BCUT2D eigenvalue weighted by atomic mass is 10.1. The van der Waals surface area contributed by atoms with E-state index in [4.69, 9.17) is 10.7 Å². The molecule has 2 atom stereocenters. The molecule has 15 heavy (non-hydrogen) atoms. The third kappa shape index (κ3) is 1.58. The maximum atomic E-state index is 6.06. The lowest BCUT2D eigenvalue weighted by molar-refractivity contribution is 0.451. The highest BCUT2D eigenvalue weighted by molar-refractivity contribution is 5.15. The van der Waals surface area contributed by atoms with Gasteiger partial charge in [-0.25, -0.2) is 4.98 Å². The Morgan fingerprint density at radius 1 is 1.47 bits per heavy atom. The molecule has 2 unspecified atom stereocenters. The normalized spacial score (nSPS) is 30.5. The zero-order chi connectivity index (χ0) is 10.3. The molecule has 2 aliphatic rings. The fourth-order valence-corrected chi connectivity index (χ4v) is 2.64. The number of aryl methyl sites for hydroxylation is 1. The van der Waals surface area contributed by atoms with E-state index in [2.05, 4.69) is 16.1 Å². The Bertz CT molecular complexity index is 351. The Morgan fingerprint density at radius 2 is 2.40 bits per heavy atom. The van der Waals surface area contributed by atoms with Crippen LogP contribution >= 0.6 is 0 Å². The van der Waals surface area contributed by atoms with Gasteiger partial charge in [-0.05, 0) is 25.8 Å². The SMILES string of the molecule is NC1CCCn2cc(C3CCNC3)nc21. The first kappa shape index (κ1) is 9.36. The minimum atomic E-state index is 0.155. The highest BCUT2D eigenvalue weighted by Crippen LogP contribution is 2.27. The summed E-state index contributed by atoms with van der Waals surface area (Å²) in [6, 6.07) is 0.155. The number of fused-ring (bicyclic) bond motifs is 1. The van der Waals surface area contributed by atoms with Gasteiger partial charge in [0.1, 0.15) is 5.82 Å². The lowest BCUT2D eigenvalue weighted by Crippen LogP contribution is -2.21. The van der Waals surface area contributed by atoms with Gasteiger partial charge in [-0.1, -0.05) is 0 Å². The van der Waals surface area contributed by atoms with Crippen LogP contribution in [0.2, 0.25) is 0 Å². The second kappa shape index (κ2) is 3.61. The highest BCUT2D eigenvalue weighted by Gasteiger charge is 2.24. The quantitative estimate of drug-likeness (QED) is 0.713. The molecule has 1 aromatic heterocycles. The van der Waals surface area contributed by atoms with E-state index in [-0.39, 0.29) is 6.04 Å². The van der Waals surface area contributed by atoms with Gasteiger partial charge < -0.3 is 15.6 Å². The van der Waals surface area contributed by atoms with Crippen LogP contribution in [-0.4, -0.2) is 22.6 Å². The maximum Gasteiger partial charge on any atom is 0.125 e. The summed E-state index contributed by atoms with van der Waals surface area (Å²) in [6.45, 7) is 3.29. The number of aromatic nitrogens is 2. The van der Waals surface area contributed by atoms with E-state index in [0.717, 1.165) is 31.9 Å². The van der Waals surface area contributed by atoms with Gasteiger partial charge in [0.15, 0.2) is 0 Å². The number of rotatable bonds is 1. The molecule has 0 aliphatic carbocycles. The first-order valence-electron chi connectivity index (χ1n) is 5.88. The molecule has 0 bridgehead atoms. The van der Waals surface area contributed by atoms with Gasteiger partial charge in [0.25, 0.3) is 0 Å². The van der Waals surface area contributed by atoms with Crippen molar-refractivity contribution in [2.24, 2.45) is 5.73 Å². The van der Waals surface area contributed by atoms with Crippen molar-refractivity contribution in [3.8, 4) is 0 Å². The van der Waals surface area contributed by atoms with Crippen molar-refractivity contribution in [3.05, 3.63) is 17.7 Å². The smallest absolute Gasteiger partial charge is 0.125 e. The molecule has 0 radical (unpaired) electrons. The Labute approximate surface area is 89.9 Å². The standard InChI is InChI=1S/C11H18N4/c12-9-2-1-5-15-7-10(14-11(9)15)8-3-4-13-6-8/h7-9,13H,1-6,12H2. The maximum absolute atomic E-state index is 6.06. The van der Waals surface area contributed by atoms with Crippen molar-refractivity contribution in [3.63, 3.8) is 0 Å². The third-order valence-electron chi connectivity index (χ3n) is 3.55. The highest BCUT2D eigenvalue weighted by atomic mass is 15.1.